The molecule has 3 heteroatoms. The molecule has 0 aromatic carbocycles. The van der Waals surface area contributed by atoms with Gasteiger partial charge in [0, 0.05) is 6.54 Å². The molecule has 0 aliphatic heterocycles. The quantitative estimate of drug-likeness (QED) is 0.525. The highest BCUT2D eigenvalue weighted by Crippen LogP contribution is 2.21. The average molecular weight is 267 g/mol. The van der Waals surface area contributed by atoms with Crippen molar-refractivity contribution in [2.75, 3.05) is 19.7 Å². The Morgan fingerprint density at radius 3 is 2.84 bits per heavy atom. The van der Waals surface area contributed by atoms with Crippen molar-refractivity contribution in [3.05, 3.63) is 11.6 Å². The standard InChI is InChI=1S/C16H29NO2/c18-15(13-19-16-8-4-5-9-16)12-17-11-10-14-6-2-1-3-7-14/h6,15-18H,1-5,7-13H2. The summed E-state index contributed by atoms with van der Waals surface area (Å²) in [6.45, 7) is 2.12. The van der Waals surface area contributed by atoms with Crippen LogP contribution in [0.25, 0.3) is 0 Å². The second-order valence-electron chi connectivity index (χ2n) is 5.96. The zero-order chi connectivity index (χ0) is 13.3. The van der Waals surface area contributed by atoms with Crippen molar-refractivity contribution in [3.63, 3.8) is 0 Å². The van der Waals surface area contributed by atoms with Crippen LogP contribution < -0.4 is 5.32 Å². The second kappa shape index (κ2) is 8.72. The van der Waals surface area contributed by atoms with Crippen molar-refractivity contribution in [1.29, 1.82) is 0 Å². The van der Waals surface area contributed by atoms with Crippen LogP contribution >= 0.6 is 0 Å². The molecule has 0 saturated heterocycles. The molecule has 0 bridgehead atoms. The largest absolute Gasteiger partial charge is 0.389 e. The average Bonchev–Trinajstić information content (AvgIpc) is 2.96. The Hall–Kier alpha value is -0.380. The topological polar surface area (TPSA) is 41.5 Å². The molecule has 1 atom stereocenters. The molecule has 0 spiro atoms. The van der Waals surface area contributed by atoms with Crippen molar-refractivity contribution in [3.8, 4) is 0 Å². The molecule has 2 rings (SSSR count). The third-order valence-corrected chi connectivity index (χ3v) is 4.21. The first kappa shape index (κ1) is 15.0. The number of nitrogens with one attached hydrogen (secondary N) is 1. The van der Waals surface area contributed by atoms with Gasteiger partial charge in [0.2, 0.25) is 0 Å². The second-order valence-corrected chi connectivity index (χ2v) is 5.96. The lowest BCUT2D eigenvalue weighted by Gasteiger charge is -2.17. The van der Waals surface area contributed by atoms with Gasteiger partial charge in [0.25, 0.3) is 0 Å². The van der Waals surface area contributed by atoms with Crippen molar-refractivity contribution < 1.29 is 9.84 Å². The van der Waals surface area contributed by atoms with E-state index in [1.807, 2.05) is 0 Å². The van der Waals surface area contributed by atoms with Crippen molar-refractivity contribution in [2.45, 2.75) is 70.0 Å². The Morgan fingerprint density at radius 2 is 2.11 bits per heavy atom. The Kier molecular flexibility index (Phi) is 6.90. The minimum absolute atomic E-state index is 0.360. The van der Waals surface area contributed by atoms with E-state index in [-0.39, 0.29) is 6.10 Å². The highest BCUT2D eigenvalue weighted by Gasteiger charge is 2.16. The lowest BCUT2D eigenvalue weighted by molar-refractivity contribution is -0.00531. The van der Waals surface area contributed by atoms with Gasteiger partial charge in [-0.15, -0.1) is 0 Å². The Balaban J connectivity index is 1.46. The van der Waals surface area contributed by atoms with Gasteiger partial charge in [-0.3, -0.25) is 0 Å². The first-order chi connectivity index (χ1) is 9.34. The minimum atomic E-state index is -0.360. The first-order valence-electron chi connectivity index (χ1n) is 8.03. The van der Waals surface area contributed by atoms with Gasteiger partial charge in [-0.05, 0) is 51.5 Å². The zero-order valence-electron chi connectivity index (χ0n) is 12.1. The summed E-state index contributed by atoms with van der Waals surface area (Å²) in [5.41, 5.74) is 1.59. The molecule has 3 nitrogen and oxygen atoms in total. The molecule has 2 aliphatic carbocycles. The maximum Gasteiger partial charge on any atom is 0.0897 e. The van der Waals surface area contributed by atoms with E-state index >= 15 is 0 Å². The minimum Gasteiger partial charge on any atom is -0.389 e. The third-order valence-electron chi connectivity index (χ3n) is 4.21. The molecular formula is C16H29NO2. The summed E-state index contributed by atoms with van der Waals surface area (Å²) in [6.07, 6.45) is 13.7. The molecule has 1 saturated carbocycles. The maximum absolute atomic E-state index is 9.84. The van der Waals surface area contributed by atoms with Gasteiger partial charge in [0.15, 0.2) is 0 Å². The molecule has 1 unspecified atom stereocenters. The van der Waals surface area contributed by atoms with Crippen LogP contribution in [0, 0.1) is 0 Å². The van der Waals surface area contributed by atoms with E-state index in [0.29, 0.717) is 19.3 Å². The normalized spacial score (nSPS) is 22.5. The van der Waals surface area contributed by atoms with Crippen LogP contribution in [0.5, 0.6) is 0 Å². The summed E-state index contributed by atoms with van der Waals surface area (Å²) in [5, 5.41) is 13.2. The fraction of sp³-hybridized carbons (Fsp3) is 0.875. The fourth-order valence-electron chi connectivity index (χ4n) is 3.01. The monoisotopic (exact) mass is 267 g/mol. The number of allylic oxidation sites excluding steroid dienone is 1. The van der Waals surface area contributed by atoms with Gasteiger partial charge >= 0.3 is 0 Å². The predicted molar refractivity (Wildman–Crippen MR) is 78.3 cm³/mol. The van der Waals surface area contributed by atoms with Gasteiger partial charge in [-0.1, -0.05) is 24.5 Å². The maximum atomic E-state index is 9.84. The van der Waals surface area contributed by atoms with E-state index in [1.165, 1.54) is 51.4 Å². The molecule has 0 aromatic rings. The summed E-state index contributed by atoms with van der Waals surface area (Å²) in [6, 6.07) is 0. The SMILES string of the molecule is OC(CNCCC1=CCCCC1)COC1CCCC1. The summed E-state index contributed by atoms with van der Waals surface area (Å²) < 4.78 is 5.71. The van der Waals surface area contributed by atoms with Gasteiger partial charge in [0.05, 0.1) is 18.8 Å². The van der Waals surface area contributed by atoms with Crippen molar-refractivity contribution >= 4 is 0 Å². The van der Waals surface area contributed by atoms with Crippen molar-refractivity contribution in [2.24, 2.45) is 0 Å². The van der Waals surface area contributed by atoms with E-state index < -0.39 is 0 Å². The van der Waals surface area contributed by atoms with Crippen LogP contribution in [0.1, 0.15) is 57.8 Å². The van der Waals surface area contributed by atoms with Crippen LogP contribution in [0.2, 0.25) is 0 Å². The molecule has 1 fully saturated rings. The molecule has 0 radical (unpaired) electrons. The van der Waals surface area contributed by atoms with Crippen LogP contribution in [0.3, 0.4) is 0 Å². The molecular weight excluding hydrogens is 238 g/mol. The molecule has 0 amide bonds. The number of ether oxygens (including phenoxy) is 1. The smallest absolute Gasteiger partial charge is 0.0897 e. The van der Waals surface area contributed by atoms with E-state index in [0.717, 1.165) is 13.0 Å². The summed E-state index contributed by atoms with van der Waals surface area (Å²) in [7, 11) is 0. The summed E-state index contributed by atoms with van der Waals surface area (Å²) in [5.74, 6) is 0. The van der Waals surface area contributed by atoms with Crippen LogP contribution in [-0.4, -0.2) is 37.0 Å². The molecule has 19 heavy (non-hydrogen) atoms. The molecule has 2 aliphatic rings. The molecule has 0 heterocycles. The molecule has 110 valence electrons. The highest BCUT2D eigenvalue weighted by molar-refractivity contribution is 5.05. The Morgan fingerprint density at radius 1 is 1.26 bits per heavy atom. The predicted octanol–water partition coefficient (Wildman–Crippen LogP) is 2.79. The van der Waals surface area contributed by atoms with Gasteiger partial charge in [0.1, 0.15) is 0 Å². The van der Waals surface area contributed by atoms with Crippen LogP contribution in [-0.2, 0) is 4.74 Å². The van der Waals surface area contributed by atoms with Gasteiger partial charge in [-0.2, -0.15) is 0 Å². The molecule has 2 N–H and O–H groups in total. The van der Waals surface area contributed by atoms with E-state index in [4.69, 9.17) is 4.74 Å². The van der Waals surface area contributed by atoms with Gasteiger partial charge < -0.3 is 15.2 Å². The summed E-state index contributed by atoms with van der Waals surface area (Å²) >= 11 is 0. The van der Waals surface area contributed by atoms with Crippen LogP contribution in [0.4, 0.5) is 0 Å². The van der Waals surface area contributed by atoms with Crippen LogP contribution in [0.15, 0.2) is 11.6 Å². The van der Waals surface area contributed by atoms with E-state index in [2.05, 4.69) is 11.4 Å². The fourth-order valence-corrected chi connectivity index (χ4v) is 3.01. The van der Waals surface area contributed by atoms with E-state index in [9.17, 15) is 5.11 Å². The Labute approximate surface area is 117 Å². The lowest BCUT2D eigenvalue weighted by atomic mass is 9.97. The third kappa shape index (κ3) is 6.07. The number of rotatable bonds is 8. The lowest BCUT2D eigenvalue weighted by Crippen LogP contribution is -2.32. The number of hydrogen-bond acceptors (Lipinski definition) is 3. The Bertz CT molecular complexity index is 272. The van der Waals surface area contributed by atoms with Gasteiger partial charge in [-0.25, -0.2) is 0 Å². The highest BCUT2D eigenvalue weighted by atomic mass is 16.5. The number of hydrogen-bond donors (Lipinski definition) is 2. The van der Waals surface area contributed by atoms with Crippen molar-refractivity contribution in [1.82, 2.24) is 5.32 Å². The summed E-state index contributed by atoms with van der Waals surface area (Å²) in [4.78, 5) is 0. The number of aliphatic hydroxyl groups is 1. The first-order valence-corrected chi connectivity index (χ1v) is 8.03. The molecule has 0 aromatic heterocycles. The van der Waals surface area contributed by atoms with E-state index in [1.54, 1.807) is 5.57 Å². The number of aliphatic hydroxyl groups excluding tert-OH is 1. The zero-order valence-corrected chi connectivity index (χ0v) is 12.1.